The van der Waals surface area contributed by atoms with Crippen LogP contribution in [-0.2, 0) is 0 Å². The Morgan fingerprint density at radius 1 is 0.235 bits per heavy atom. The molecule has 0 spiro atoms. The molecule has 0 saturated carbocycles. The highest BCUT2D eigenvalue weighted by Gasteiger charge is 2.23. The van der Waals surface area contributed by atoms with E-state index in [0.717, 1.165) is 88.2 Å². The minimum Gasteiger partial charge on any atom is -0.308 e. The summed E-state index contributed by atoms with van der Waals surface area (Å²) in [6.45, 7) is 0. The van der Waals surface area contributed by atoms with Crippen molar-refractivity contribution in [3.63, 3.8) is 0 Å². The Hall–Kier alpha value is -9.40. The zero-order chi connectivity index (χ0) is 45.0. The van der Waals surface area contributed by atoms with Gasteiger partial charge in [0.15, 0.2) is 29.1 Å². The van der Waals surface area contributed by atoms with Crippen molar-refractivity contribution in [3.05, 3.63) is 231 Å². The normalized spacial score (nSPS) is 11.5. The predicted molar refractivity (Wildman–Crippen MR) is 275 cm³/mol. The summed E-state index contributed by atoms with van der Waals surface area (Å²) in [5.74, 6) is 3.55. The van der Waals surface area contributed by atoms with Crippen LogP contribution in [0.2, 0.25) is 0 Å². The van der Waals surface area contributed by atoms with Gasteiger partial charge in [0.1, 0.15) is 0 Å². The molecule has 0 atom stereocenters. The molecule has 68 heavy (non-hydrogen) atoms. The number of rotatable bonds is 8. The topological polar surface area (TPSA) is 87.2 Å². The molecule has 0 N–H and O–H groups in total. The van der Waals surface area contributed by atoms with Crippen LogP contribution < -0.4 is 0 Å². The molecule has 318 valence electrons. The molecule has 9 aromatic carbocycles. The van der Waals surface area contributed by atoms with Gasteiger partial charge in [-0.15, -0.1) is 0 Å². The Morgan fingerprint density at radius 2 is 0.588 bits per heavy atom. The molecule has 13 aromatic rings. The van der Waals surface area contributed by atoms with Crippen LogP contribution in [0.1, 0.15) is 0 Å². The first-order valence-corrected chi connectivity index (χ1v) is 22.6. The van der Waals surface area contributed by atoms with E-state index in [2.05, 4.69) is 143 Å². The van der Waals surface area contributed by atoms with E-state index < -0.39 is 0 Å². The average molecular weight is 871 g/mol. The first-order valence-electron chi connectivity index (χ1n) is 22.6. The smallest absolute Gasteiger partial charge is 0.238 e. The molecular formula is C60H38N8. The lowest BCUT2D eigenvalue weighted by Gasteiger charge is -2.15. The van der Waals surface area contributed by atoms with Crippen LogP contribution in [-0.4, -0.2) is 39.0 Å². The summed E-state index contributed by atoms with van der Waals surface area (Å²) in [6, 6.07) is 79.3. The van der Waals surface area contributed by atoms with Crippen LogP contribution in [0.25, 0.3) is 123 Å². The third-order valence-corrected chi connectivity index (χ3v) is 12.7. The zero-order valence-corrected chi connectivity index (χ0v) is 36.5. The van der Waals surface area contributed by atoms with Crippen molar-refractivity contribution in [1.29, 1.82) is 0 Å². The second-order valence-electron chi connectivity index (χ2n) is 16.7. The number of hydrogen-bond acceptors (Lipinski definition) is 6. The summed E-state index contributed by atoms with van der Waals surface area (Å²) < 4.78 is 4.55. The molecule has 0 aliphatic carbocycles. The van der Waals surface area contributed by atoms with Crippen molar-refractivity contribution in [2.45, 2.75) is 0 Å². The molecule has 8 nitrogen and oxygen atoms in total. The second kappa shape index (κ2) is 16.2. The predicted octanol–water partition coefficient (Wildman–Crippen LogP) is 14.3. The first kappa shape index (κ1) is 39.0. The molecule has 0 aliphatic rings. The number of fused-ring (bicyclic) bond motifs is 6. The molecule has 0 bridgehead atoms. The van der Waals surface area contributed by atoms with Crippen molar-refractivity contribution in [2.24, 2.45) is 0 Å². The fraction of sp³-hybridized carbons (Fsp3) is 0. The van der Waals surface area contributed by atoms with E-state index in [4.69, 9.17) is 29.9 Å². The zero-order valence-electron chi connectivity index (χ0n) is 36.5. The summed E-state index contributed by atoms with van der Waals surface area (Å²) in [4.78, 5) is 31.0. The molecule has 0 aliphatic heterocycles. The summed E-state index contributed by atoms with van der Waals surface area (Å²) in [6.07, 6.45) is 0. The second-order valence-corrected chi connectivity index (χ2v) is 16.7. The van der Waals surface area contributed by atoms with E-state index in [1.54, 1.807) is 0 Å². The van der Waals surface area contributed by atoms with E-state index in [1.165, 1.54) is 0 Å². The molecule has 0 unspecified atom stereocenters. The summed E-state index contributed by atoms with van der Waals surface area (Å²) in [7, 11) is 0. The van der Waals surface area contributed by atoms with Crippen LogP contribution in [0.5, 0.6) is 0 Å². The molecule has 0 amide bonds. The van der Waals surface area contributed by atoms with Crippen molar-refractivity contribution in [1.82, 2.24) is 39.0 Å². The SMILES string of the molecule is c1ccc(-c2ccc(-c3nc(-c4ccccc4)nc(-c4ccccc4-n4c5ccccc5c5cc6c(cc54)c4ccccc4n6-c4nc(-c5ccccc5)nc(-c5ccccc5)n4)n3)cc2)cc1. The van der Waals surface area contributed by atoms with E-state index in [1.807, 2.05) is 97.1 Å². The Bertz CT molecular complexity index is 3940. The third-order valence-electron chi connectivity index (χ3n) is 12.7. The van der Waals surface area contributed by atoms with Crippen LogP contribution >= 0.6 is 0 Å². The van der Waals surface area contributed by atoms with Gasteiger partial charge in [-0.3, -0.25) is 4.57 Å². The molecule has 13 rings (SSSR count). The summed E-state index contributed by atoms with van der Waals surface area (Å²) in [5.41, 5.74) is 11.9. The van der Waals surface area contributed by atoms with E-state index in [-0.39, 0.29) is 0 Å². The van der Waals surface area contributed by atoms with Crippen molar-refractivity contribution in [2.75, 3.05) is 0 Å². The fourth-order valence-corrected chi connectivity index (χ4v) is 9.44. The number of para-hydroxylation sites is 3. The van der Waals surface area contributed by atoms with Crippen LogP contribution in [0, 0.1) is 0 Å². The maximum absolute atomic E-state index is 5.26. The number of benzene rings is 9. The van der Waals surface area contributed by atoms with Gasteiger partial charge in [-0.1, -0.05) is 194 Å². The maximum atomic E-state index is 5.26. The van der Waals surface area contributed by atoms with E-state index >= 15 is 0 Å². The lowest BCUT2D eigenvalue weighted by Crippen LogP contribution is -2.06. The first-order chi connectivity index (χ1) is 33.7. The highest BCUT2D eigenvalue weighted by molar-refractivity contribution is 6.19. The van der Waals surface area contributed by atoms with Crippen LogP contribution in [0.15, 0.2) is 231 Å². The fourth-order valence-electron chi connectivity index (χ4n) is 9.44. The minimum absolute atomic E-state index is 0.548. The van der Waals surface area contributed by atoms with Gasteiger partial charge in [0.2, 0.25) is 5.95 Å². The molecule has 0 radical (unpaired) electrons. The van der Waals surface area contributed by atoms with Crippen LogP contribution in [0.4, 0.5) is 0 Å². The molecular weight excluding hydrogens is 833 g/mol. The maximum Gasteiger partial charge on any atom is 0.238 e. The quantitative estimate of drug-likeness (QED) is 0.151. The number of nitrogens with zero attached hydrogens (tertiary/aromatic N) is 8. The molecule has 4 heterocycles. The highest BCUT2D eigenvalue weighted by Crippen LogP contribution is 2.41. The van der Waals surface area contributed by atoms with Gasteiger partial charge in [0.05, 0.1) is 27.8 Å². The summed E-state index contributed by atoms with van der Waals surface area (Å²) in [5, 5.41) is 4.37. The van der Waals surface area contributed by atoms with Gasteiger partial charge in [-0.2, -0.15) is 9.97 Å². The molecule has 4 aromatic heterocycles. The lowest BCUT2D eigenvalue weighted by molar-refractivity contribution is 0.954. The van der Waals surface area contributed by atoms with Crippen LogP contribution in [0.3, 0.4) is 0 Å². The van der Waals surface area contributed by atoms with Gasteiger partial charge < -0.3 is 4.57 Å². The van der Waals surface area contributed by atoms with Gasteiger partial charge in [0, 0.05) is 49.4 Å². The molecule has 0 fully saturated rings. The number of aromatic nitrogens is 8. The molecule has 0 saturated heterocycles. The average Bonchev–Trinajstić information content (AvgIpc) is 3.92. The van der Waals surface area contributed by atoms with Gasteiger partial charge in [0.25, 0.3) is 0 Å². The van der Waals surface area contributed by atoms with Crippen molar-refractivity contribution >= 4 is 43.6 Å². The van der Waals surface area contributed by atoms with E-state index in [0.29, 0.717) is 35.1 Å². The lowest BCUT2D eigenvalue weighted by atomic mass is 10.0. The monoisotopic (exact) mass is 870 g/mol. The van der Waals surface area contributed by atoms with Gasteiger partial charge >= 0.3 is 0 Å². The van der Waals surface area contributed by atoms with Crippen molar-refractivity contribution < 1.29 is 0 Å². The Labute approximate surface area is 391 Å². The van der Waals surface area contributed by atoms with Crippen molar-refractivity contribution in [3.8, 4) is 79.7 Å². The Kier molecular flexibility index (Phi) is 9.31. The molecule has 8 heteroatoms. The minimum atomic E-state index is 0.548. The summed E-state index contributed by atoms with van der Waals surface area (Å²) >= 11 is 0. The number of hydrogen-bond donors (Lipinski definition) is 0. The van der Waals surface area contributed by atoms with Gasteiger partial charge in [-0.25, -0.2) is 19.9 Å². The highest BCUT2D eigenvalue weighted by atomic mass is 15.2. The Morgan fingerprint density at radius 3 is 1.12 bits per heavy atom. The Balaban J connectivity index is 1.03. The van der Waals surface area contributed by atoms with E-state index in [9.17, 15) is 0 Å². The largest absolute Gasteiger partial charge is 0.308 e. The standard InChI is InChI=1S/C60H38N8/c1-5-19-39(20-6-1)40-33-35-44(36-34-40)56-61-55(41-21-7-2-8-22-41)63-59(64-56)47-29-15-18-32-52(47)67-50-30-16-13-27-45(50)48-38-54-49(37-53(48)67)46-28-14-17-31-51(46)68(54)60-65-57(42-23-9-3-10-24-42)62-58(66-60)43-25-11-4-12-26-43/h1-38H. The van der Waals surface area contributed by atoms with Gasteiger partial charge in [-0.05, 0) is 47.5 Å². The third kappa shape index (κ3) is 6.70.